The van der Waals surface area contributed by atoms with Crippen LogP contribution in [0.1, 0.15) is 34.9 Å². The van der Waals surface area contributed by atoms with Crippen LogP contribution < -0.4 is 10.3 Å². The number of amides is 1. The van der Waals surface area contributed by atoms with Gasteiger partial charge in [-0.2, -0.15) is 5.10 Å². The van der Waals surface area contributed by atoms with Crippen molar-refractivity contribution in [3.05, 3.63) is 58.0 Å². The minimum Gasteiger partial charge on any atom is -0.497 e. The number of benzene rings is 1. The molecule has 23 heavy (non-hydrogen) atoms. The predicted molar refractivity (Wildman–Crippen MR) is 85.5 cm³/mol. The molecule has 1 fully saturated rings. The van der Waals surface area contributed by atoms with Crippen LogP contribution in [0.4, 0.5) is 0 Å². The normalized spacial score (nSPS) is 17.3. The smallest absolute Gasteiger partial charge is 0.274 e. The lowest BCUT2D eigenvalue weighted by Crippen LogP contribution is -2.33. The molecule has 1 atom stereocenters. The van der Waals surface area contributed by atoms with Crippen molar-refractivity contribution in [2.45, 2.75) is 18.9 Å². The zero-order valence-corrected chi connectivity index (χ0v) is 13.2. The summed E-state index contributed by atoms with van der Waals surface area (Å²) in [5.41, 5.74) is 1.16. The summed E-state index contributed by atoms with van der Waals surface area (Å²) in [6.07, 6.45) is 1.87. The molecular formula is C17H19N3O3. The van der Waals surface area contributed by atoms with Crippen LogP contribution in [0, 0.1) is 0 Å². The first-order chi connectivity index (χ1) is 11.1. The highest BCUT2D eigenvalue weighted by Crippen LogP contribution is 2.33. The van der Waals surface area contributed by atoms with Crippen molar-refractivity contribution in [3.8, 4) is 5.75 Å². The van der Waals surface area contributed by atoms with E-state index in [1.54, 1.807) is 14.2 Å². The highest BCUT2D eigenvalue weighted by Gasteiger charge is 2.31. The number of rotatable bonds is 3. The average Bonchev–Trinajstić information content (AvgIpc) is 3.06. The van der Waals surface area contributed by atoms with Gasteiger partial charge in [0.15, 0.2) is 0 Å². The molecule has 6 heteroatoms. The summed E-state index contributed by atoms with van der Waals surface area (Å²) in [5, 5.41) is 4.07. The summed E-state index contributed by atoms with van der Waals surface area (Å²) < 4.78 is 6.36. The fraction of sp³-hybridized carbons (Fsp3) is 0.353. The summed E-state index contributed by atoms with van der Waals surface area (Å²) in [7, 11) is 3.18. The lowest BCUT2D eigenvalue weighted by Gasteiger charge is -2.25. The highest BCUT2D eigenvalue weighted by atomic mass is 16.5. The Morgan fingerprint density at radius 3 is 2.61 bits per heavy atom. The van der Waals surface area contributed by atoms with Crippen LogP contribution in [0.25, 0.3) is 0 Å². The molecule has 1 aliphatic heterocycles. The van der Waals surface area contributed by atoms with Crippen LogP contribution >= 0.6 is 0 Å². The maximum atomic E-state index is 12.7. The molecule has 6 nitrogen and oxygen atoms in total. The van der Waals surface area contributed by atoms with E-state index in [2.05, 4.69) is 5.10 Å². The Morgan fingerprint density at radius 2 is 1.96 bits per heavy atom. The fourth-order valence-electron chi connectivity index (χ4n) is 2.95. The van der Waals surface area contributed by atoms with Crippen LogP contribution in [-0.4, -0.2) is 34.2 Å². The zero-order valence-electron chi connectivity index (χ0n) is 13.2. The van der Waals surface area contributed by atoms with Crippen LogP contribution in [0.5, 0.6) is 5.75 Å². The summed E-state index contributed by atoms with van der Waals surface area (Å²) in [5.74, 6) is 0.656. The molecule has 1 aliphatic rings. The molecule has 1 saturated heterocycles. The first kappa shape index (κ1) is 15.3. The van der Waals surface area contributed by atoms with Gasteiger partial charge in [0, 0.05) is 19.7 Å². The third-order valence-electron chi connectivity index (χ3n) is 4.19. The number of ether oxygens (including phenoxy) is 1. The Bertz CT molecular complexity index is 767. The predicted octanol–water partition coefficient (Wildman–Crippen LogP) is 1.77. The van der Waals surface area contributed by atoms with Gasteiger partial charge in [-0.15, -0.1) is 0 Å². The largest absolute Gasteiger partial charge is 0.497 e. The van der Waals surface area contributed by atoms with E-state index in [1.807, 2.05) is 29.2 Å². The molecule has 1 amide bonds. The van der Waals surface area contributed by atoms with E-state index in [4.69, 9.17) is 4.74 Å². The number of hydrogen-bond donors (Lipinski definition) is 0. The standard InChI is InChI=1S/C17H19N3O3/c1-19-16(21)10-9-14(18-19)17(22)20-11-3-4-15(20)12-5-7-13(23-2)8-6-12/h5-10,15H,3-4,11H2,1-2H3. The molecule has 1 unspecified atom stereocenters. The highest BCUT2D eigenvalue weighted by molar-refractivity contribution is 5.92. The first-order valence-electron chi connectivity index (χ1n) is 7.59. The first-order valence-corrected chi connectivity index (χ1v) is 7.59. The third kappa shape index (κ3) is 2.97. The molecule has 1 aromatic carbocycles. The van der Waals surface area contributed by atoms with Gasteiger partial charge in [-0.1, -0.05) is 12.1 Å². The number of nitrogens with zero attached hydrogens (tertiary/aromatic N) is 3. The minimum atomic E-state index is -0.227. The second kappa shape index (κ2) is 6.24. The molecule has 0 N–H and O–H groups in total. The van der Waals surface area contributed by atoms with Gasteiger partial charge in [0.25, 0.3) is 11.5 Å². The Morgan fingerprint density at radius 1 is 1.22 bits per heavy atom. The Labute approximate surface area is 134 Å². The Balaban J connectivity index is 1.86. The van der Waals surface area contributed by atoms with E-state index in [-0.39, 0.29) is 17.5 Å². The Kier molecular flexibility index (Phi) is 4.14. The second-order valence-corrected chi connectivity index (χ2v) is 5.61. The number of hydrogen-bond acceptors (Lipinski definition) is 4. The van der Waals surface area contributed by atoms with Gasteiger partial charge in [0.1, 0.15) is 11.4 Å². The van der Waals surface area contributed by atoms with Crippen molar-refractivity contribution in [2.24, 2.45) is 7.05 Å². The molecule has 120 valence electrons. The molecule has 2 heterocycles. The van der Waals surface area contributed by atoms with E-state index in [1.165, 1.54) is 16.8 Å². The molecule has 2 aromatic rings. The van der Waals surface area contributed by atoms with Crippen molar-refractivity contribution in [1.29, 1.82) is 0 Å². The quantitative estimate of drug-likeness (QED) is 0.866. The number of methoxy groups -OCH3 is 1. The number of carbonyl (C=O) groups is 1. The lowest BCUT2D eigenvalue weighted by molar-refractivity contribution is 0.0727. The molecule has 0 saturated carbocycles. The van der Waals surface area contributed by atoms with Crippen LogP contribution in [0.15, 0.2) is 41.2 Å². The van der Waals surface area contributed by atoms with E-state index < -0.39 is 0 Å². The summed E-state index contributed by atoms with van der Waals surface area (Å²) >= 11 is 0. The lowest BCUT2D eigenvalue weighted by atomic mass is 10.0. The number of likely N-dealkylation sites (tertiary alicyclic amines) is 1. The van der Waals surface area contributed by atoms with Crippen molar-refractivity contribution in [3.63, 3.8) is 0 Å². The van der Waals surface area contributed by atoms with Gasteiger partial charge in [-0.25, -0.2) is 4.68 Å². The average molecular weight is 313 g/mol. The maximum absolute atomic E-state index is 12.7. The molecule has 0 radical (unpaired) electrons. The minimum absolute atomic E-state index is 0.0347. The molecule has 0 bridgehead atoms. The van der Waals surface area contributed by atoms with Crippen molar-refractivity contribution < 1.29 is 9.53 Å². The van der Waals surface area contributed by atoms with E-state index in [9.17, 15) is 9.59 Å². The summed E-state index contributed by atoms with van der Waals surface area (Å²) in [6.45, 7) is 0.694. The maximum Gasteiger partial charge on any atom is 0.274 e. The van der Waals surface area contributed by atoms with Gasteiger partial charge in [-0.05, 0) is 36.6 Å². The van der Waals surface area contributed by atoms with Crippen LogP contribution in [0.3, 0.4) is 0 Å². The van der Waals surface area contributed by atoms with Crippen LogP contribution in [-0.2, 0) is 7.05 Å². The monoisotopic (exact) mass is 313 g/mol. The van der Waals surface area contributed by atoms with Crippen molar-refractivity contribution in [2.75, 3.05) is 13.7 Å². The van der Waals surface area contributed by atoms with Crippen LogP contribution in [0.2, 0.25) is 0 Å². The molecule has 1 aromatic heterocycles. The number of aryl methyl sites for hydroxylation is 1. The molecule has 3 rings (SSSR count). The molecule has 0 spiro atoms. The van der Waals surface area contributed by atoms with E-state index in [0.717, 1.165) is 24.2 Å². The van der Waals surface area contributed by atoms with Gasteiger partial charge in [-0.3, -0.25) is 9.59 Å². The SMILES string of the molecule is COc1ccc(C2CCCN2C(=O)c2ccc(=O)n(C)n2)cc1. The third-order valence-corrected chi connectivity index (χ3v) is 4.19. The molecular weight excluding hydrogens is 294 g/mol. The van der Waals surface area contributed by atoms with Crippen molar-refractivity contribution in [1.82, 2.24) is 14.7 Å². The number of carbonyl (C=O) groups excluding carboxylic acids is 1. The van der Waals surface area contributed by atoms with Gasteiger partial charge >= 0.3 is 0 Å². The summed E-state index contributed by atoms with van der Waals surface area (Å²) in [6, 6.07) is 10.7. The van der Waals surface area contributed by atoms with E-state index >= 15 is 0 Å². The van der Waals surface area contributed by atoms with Gasteiger partial charge in [0.05, 0.1) is 13.2 Å². The van der Waals surface area contributed by atoms with Crippen molar-refractivity contribution >= 4 is 5.91 Å². The summed E-state index contributed by atoms with van der Waals surface area (Å²) in [4.78, 5) is 26.0. The second-order valence-electron chi connectivity index (χ2n) is 5.61. The topological polar surface area (TPSA) is 64.4 Å². The molecule has 0 aliphatic carbocycles. The van der Waals surface area contributed by atoms with Gasteiger partial charge in [0.2, 0.25) is 0 Å². The fourth-order valence-corrected chi connectivity index (χ4v) is 2.95. The zero-order chi connectivity index (χ0) is 16.4. The van der Waals surface area contributed by atoms with Gasteiger partial charge < -0.3 is 9.64 Å². The van der Waals surface area contributed by atoms with E-state index in [0.29, 0.717) is 12.2 Å². The Hall–Kier alpha value is -2.63. The number of aromatic nitrogens is 2.